The SMILES string of the molecule is O=CN(C(=O)O)c1ccc(-c2ccccc2)nc1. The molecule has 0 aliphatic carbocycles. The third-order valence-electron chi connectivity index (χ3n) is 2.41. The quantitative estimate of drug-likeness (QED) is 0.839. The number of aromatic nitrogens is 1. The van der Waals surface area contributed by atoms with Gasteiger partial charge in [0.25, 0.3) is 0 Å². The Labute approximate surface area is 103 Å². The molecule has 0 unspecified atom stereocenters. The lowest BCUT2D eigenvalue weighted by Gasteiger charge is -2.10. The van der Waals surface area contributed by atoms with Crippen molar-refractivity contribution in [1.82, 2.24) is 4.98 Å². The topological polar surface area (TPSA) is 70.5 Å². The fraction of sp³-hybridized carbons (Fsp3) is 0. The van der Waals surface area contributed by atoms with Crippen LogP contribution >= 0.6 is 0 Å². The van der Waals surface area contributed by atoms with Gasteiger partial charge in [-0.05, 0) is 12.1 Å². The summed E-state index contributed by atoms with van der Waals surface area (Å²) in [6.07, 6.45) is 0.256. The number of nitrogens with zero attached hydrogens (tertiary/aromatic N) is 2. The standard InChI is InChI=1S/C13H10N2O3/c16-9-15(13(17)18)11-6-7-12(14-8-11)10-4-2-1-3-5-10/h1-9H,(H,17,18). The predicted octanol–water partition coefficient (Wildman–Crippen LogP) is 2.39. The van der Waals surface area contributed by atoms with Gasteiger partial charge in [0.1, 0.15) is 0 Å². The van der Waals surface area contributed by atoms with Gasteiger partial charge in [0.15, 0.2) is 0 Å². The first-order chi connectivity index (χ1) is 8.72. The molecule has 0 aliphatic heterocycles. The zero-order valence-electron chi connectivity index (χ0n) is 9.35. The van der Waals surface area contributed by atoms with Gasteiger partial charge in [0, 0.05) is 5.56 Å². The fourth-order valence-electron chi connectivity index (χ4n) is 1.52. The minimum Gasteiger partial charge on any atom is -0.464 e. The molecule has 0 fully saturated rings. The van der Waals surface area contributed by atoms with Crippen molar-refractivity contribution in [3.8, 4) is 11.3 Å². The number of amides is 2. The van der Waals surface area contributed by atoms with E-state index < -0.39 is 6.09 Å². The number of imide groups is 1. The lowest BCUT2D eigenvalue weighted by Crippen LogP contribution is -2.27. The van der Waals surface area contributed by atoms with E-state index in [1.807, 2.05) is 30.3 Å². The van der Waals surface area contributed by atoms with E-state index in [1.165, 1.54) is 12.3 Å². The largest absolute Gasteiger partial charge is 0.464 e. The van der Waals surface area contributed by atoms with E-state index in [-0.39, 0.29) is 12.1 Å². The van der Waals surface area contributed by atoms with Gasteiger partial charge in [-0.25, -0.2) is 9.69 Å². The number of carbonyl (C=O) groups is 2. The van der Waals surface area contributed by atoms with Crippen molar-refractivity contribution in [1.29, 1.82) is 0 Å². The minimum atomic E-state index is -1.33. The highest BCUT2D eigenvalue weighted by Crippen LogP contribution is 2.19. The molecule has 1 N–H and O–H groups in total. The predicted molar refractivity (Wildman–Crippen MR) is 66.2 cm³/mol. The second-order valence-corrected chi connectivity index (χ2v) is 3.53. The molecular formula is C13H10N2O3. The van der Waals surface area contributed by atoms with Gasteiger partial charge >= 0.3 is 6.09 Å². The Hall–Kier alpha value is -2.69. The maximum Gasteiger partial charge on any atom is 0.418 e. The smallest absolute Gasteiger partial charge is 0.418 e. The molecule has 0 saturated carbocycles. The van der Waals surface area contributed by atoms with Crippen LogP contribution in [0, 0.1) is 0 Å². The zero-order valence-corrected chi connectivity index (χ0v) is 9.35. The van der Waals surface area contributed by atoms with Gasteiger partial charge in [0.05, 0.1) is 17.6 Å². The Morgan fingerprint density at radius 1 is 1.17 bits per heavy atom. The minimum absolute atomic E-state index is 0.220. The first kappa shape index (κ1) is 11.8. The summed E-state index contributed by atoms with van der Waals surface area (Å²) in [5.74, 6) is 0. The number of anilines is 1. The molecule has 90 valence electrons. The van der Waals surface area contributed by atoms with Crippen LogP contribution in [-0.2, 0) is 4.79 Å². The molecule has 1 aromatic carbocycles. The third kappa shape index (κ3) is 2.35. The molecule has 0 bridgehead atoms. The fourth-order valence-corrected chi connectivity index (χ4v) is 1.52. The van der Waals surface area contributed by atoms with Crippen molar-refractivity contribution >= 4 is 18.2 Å². The van der Waals surface area contributed by atoms with Crippen molar-refractivity contribution in [2.24, 2.45) is 0 Å². The first-order valence-corrected chi connectivity index (χ1v) is 5.21. The maximum atomic E-state index is 10.8. The average Bonchev–Trinajstić information content (AvgIpc) is 2.41. The van der Waals surface area contributed by atoms with Crippen molar-refractivity contribution in [2.45, 2.75) is 0 Å². The Bertz CT molecular complexity index is 552. The summed E-state index contributed by atoms with van der Waals surface area (Å²) in [5.41, 5.74) is 1.87. The van der Waals surface area contributed by atoms with Crippen molar-refractivity contribution < 1.29 is 14.7 Å². The molecule has 5 heteroatoms. The molecule has 2 amide bonds. The lowest BCUT2D eigenvalue weighted by molar-refractivity contribution is -0.107. The number of carboxylic acid groups (broad SMARTS) is 1. The molecule has 5 nitrogen and oxygen atoms in total. The second kappa shape index (κ2) is 5.09. The molecule has 0 atom stereocenters. The summed E-state index contributed by atoms with van der Waals surface area (Å²) >= 11 is 0. The Morgan fingerprint density at radius 3 is 2.39 bits per heavy atom. The van der Waals surface area contributed by atoms with Crippen LogP contribution in [-0.4, -0.2) is 22.6 Å². The van der Waals surface area contributed by atoms with E-state index in [0.29, 0.717) is 4.90 Å². The van der Waals surface area contributed by atoms with Crippen LogP contribution in [0.15, 0.2) is 48.7 Å². The Morgan fingerprint density at radius 2 is 1.89 bits per heavy atom. The Balaban J connectivity index is 2.31. The van der Waals surface area contributed by atoms with Crippen LogP contribution in [0.2, 0.25) is 0 Å². The van der Waals surface area contributed by atoms with E-state index in [2.05, 4.69) is 4.98 Å². The molecule has 2 rings (SSSR count). The zero-order chi connectivity index (χ0) is 13.0. The normalized spacial score (nSPS) is 9.78. The Kier molecular flexibility index (Phi) is 3.33. The van der Waals surface area contributed by atoms with E-state index in [0.717, 1.165) is 11.3 Å². The third-order valence-corrected chi connectivity index (χ3v) is 2.41. The number of hydrogen-bond donors (Lipinski definition) is 1. The second-order valence-electron chi connectivity index (χ2n) is 3.53. The molecule has 1 heterocycles. The molecule has 0 saturated heterocycles. The van der Waals surface area contributed by atoms with Gasteiger partial charge < -0.3 is 5.11 Å². The molecule has 18 heavy (non-hydrogen) atoms. The monoisotopic (exact) mass is 242 g/mol. The van der Waals surface area contributed by atoms with Crippen molar-refractivity contribution in [3.63, 3.8) is 0 Å². The number of hydrogen-bond acceptors (Lipinski definition) is 3. The highest BCUT2D eigenvalue weighted by molar-refractivity contribution is 6.02. The van der Waals surface area contributed by atoms with Gasteiger partial charge in [-0.3, -0.25) is 9.78 Å². The highest BCUT2D eigenvalue weighted by Gasteiger charge is 2.13. The first-order valence-electron chi connectivity index (χ1n) is 5.21. The average molecular weight is 242 g/mol. The van der Waals surface area contributed by atoms with E-state index >= 15 is 0 Å². The van der Waals surface area contributed by atoms with Gasteiger partial charge in [-0.15, -0.1) is 0 Å². The summed E-state index contributed by atoms with van der Waals surface area (Å²) in [6, 6.07) is 12.7. The van der Waals surface area contributed by atoms with Gasteiger partial charge in [-0.1, -0.05) is 30.3 Å². The highest BCUT2D eigenvalue weighted by atomic mass is 16.4. The molecular weight excluding hydrogens is 232 g/mol. The van der Waals surface area contributed by atoms with Crippen LogP contribution in [0.4, 0.5) is 10.5 Å². The molecule has 2 aromatic rings. The number of carbonyl (C=O) groups excluding carboxylic acids is 1. The van der Waals surface area contributed by atoms with Crippen LogP contribution in [0.5, 0.6) is 0 Å². The van der Waals surface area contributed by atoms with Crippen LogP contribution in [0.1, 0.15) is 0 Å². The van der Waals surface area contributed by atoms with E-state index in [1.54, 1.807) is 6.07 Å². The van der Waals surface area contributed by atoms with Crippen LogP contribution < -0.4 is 4.90 Å². The van der Waals surface area contributed by atoms with Crippen molar-refractivity contribution in [2.75, 3.05) is 4.90 Å². The van der Waals surface area contributed by atoms with E-state index in [9.17, 15) is 9.59 Å². The van der Waals surface area contributed by atoms with Gasteiger partial charge in [-0.2, -0.15) is 0 Å². The molecule has 0 spiro atoms. The van der Waals surface area contributed by atoms with Crippen molar-refractivity contribution in [3.05, 3.63) is 48.7 Å². The van der Waals surface area contributed by atoms with Gasteiger partial charge in [0.2, 0.25) is 6.41 Å². The summed E-state index contributed by atoms with van der Waals surface area (Å²) in [4.78, 5) is 26.1. The lowest BCUT2D eigenvalue weighted by atomic mass is 10.1. The molecule has 1 aromatic heterocycles. The maximum absolute atomic E-state index is 10.8. The van der Waals surface area contributed by atoms with E-state index in [4.69, 9.17) is 5.11 Å². The van der Waals surface area contributed by atoms with Crippen LogP contribution in [0.3, 0.4) is 0 Å². The summed E-state index contributed by atoms with van der Waals surface area (Å²) < 4.78 is 0. The summed E-state index contributed by atoms with van der Waals surface area (Å²) in [6.45, 7) is 0. The number of benzene rings is 1. The van der Waals surface area contributed by atoms with Crippen LogP contribution in [0.25, 0.3) is 11.3 Å². The molecule has 0 radical (unpaired) electrons. The number of rotatable bonds is 3. The summed E-state index contributed by atoms with van der Waals surface area (Å²) in [5, 5.41) is 8.78. The molecule has 0 aliphatic rings. The number of pyridine rings is 1. The summed E-state index contributed by atoms with van der Waals surface area (Å²) in [7, 11) is 0.